The molecule has 1 amide bonds. The molecule has 0 aliphatic heterocycles. The third kappa shape index (κ3) is 5.70. The molecule has 0 aliphatic carbocycles. The monoisotopic (exact) mass is 360 g/mol. The first kappa shape index (κ1) is 19.7. The van der Waals surface area contributed by atoms with Gasteiger partial charge in [-0.25, -0.2) is 4.98 Å². The summed E-state index contributed by atoms with van der Waals surface area (Å²) >= 11 is 0. The van der Waals surface area contributed by atoms with Crippen LogP contribution in [-0.2, 0) is 20.7 Å². The molecule has 0 bridgehead atoms. The number of nitrogens with zero attached hydrogens (tertiary/aromatic N) is 1. The Kier molecular flexibility index (Phi) is 7.35. The van der Waals surface area contributed by atoms with Gasteiger partial charge >= 0.3 is 0 Å². The smallest absolute Gasteiger partial charge is 0.227 e. The zero-order chi connectivity index (χ0) is 18.9. The van der Waals surface area contributed by atoms with E-state index in [2.05, 4.69) is 10.3 Å². The maximum atomic E-state index is 12.1. The average molecular weight is 360 g/mol. The average Bonchev–Trinajstić information content (AvgIpc) is 2.99. The first-order valence-corrected chi connectivity index (χ1v) is 8.41. The first-order chi connectivity index (χ1) is 12.5. The van der Waals surface area contributed by atoms with Crippen LogP contribution in [0.3, 0.4) is 0 Å². The fraction of sp³-hybridized carbons (Fsp3) is 0.421. The number of nitrogens with one attached hydrogen (secondary N) is 1. The number of benzene rings is 1. The molecule has 1 aromatic carbocycles. The molecule has 2 aromatic rings. The van der Waals surface area contributed by atoms with Crippen LogP contribution >= 0.6 is 0 Å². The largest absolute Gasteiger partial charge is 0.497 e. The summed E-state index contributed by atoms with van der Waals surface area (Å²) in [5, 5.41) is 2.70. The number of ketones is 1. The molecule has 0 aliphatic rings. The Bertz CT molecular complexity index is 737. The van der Waals surface area contributed by atoms with Crippen molar-refractivity contribution in [1.82, 2.24) is 10.3 Å². The van der Waals surface area contributed by atoms with Crippen LogP contribution in [0.15, 0.2) is 28.7 Å². The molecule has 0 saturated heterocycles. The van der Waals surface area contributed by atoms with Crippen molar-refractivity contribution >= 4 is 11.7 Å². The molecule has 7 heteroatoms. The number of methoxy groups -OCH3 is 2. The molecule has 2 rings (SSSR count). The second-order valence-corrected chi connectivity index (χ2v) is 5.84. The predicted octanol–water partition coefficient (Wildman–Crippen LogP) is 2.31. The summed E-state index contributed by atoms with van der Waals surface area (Å²) in [4.78, 5) is 28.3. The van der Waals surface area contributed by atoms with E-state index in [-0.39, 0.29) is 24.5 Å². The van der Waals surface area contributed by atoms with Crippen molar-refractivity contribution in [3.8, 4) is 17.2 Å². The number of hydrogen-bond donors (Lipinski definition) is 1. The highest BCUT2D eigenvalue weighted by atomic mass is 16.5. The number of amides is 1. The Hall–Kier alpha value is -2.67. The van der Waals surface area contributed by atoms with E-state index < -0.39 is 0 Å². The van der Waals surface area contributed by atoms with E-state index in [1.807, 2.05) is 24.3 Å². The van der Waals surface area contributed by atoms with Gasteiger partial charge in [0.25, 0.3) is 0 Å². The molecule has 0 atom stereocenters. The molecule has 0 spiro atoms. The number of aromatic nitrogens is 1. The quantitative estimate of drug-likeness (QED) is 0.516. The molecular formula is C19H24N2O5. The van der Waals surface area contributed by atoms with Crippen molar-refractivity contribution in [3.63, 3.8) is 0 Å². The van der Waals surface area contributed by atoms with Crippen molar-refractivity contribution in [2.24, 2.45) is 0 Å². The number of carbonyl (C=O) groups excluding carboxylic acids is 2. The Morgan fingerprint density at radius 2 is 1.92 bits per heavy atom. The second kappa shape index (κ2) is 9.72. The van der Waals surface area contributed by atoms with Gasteiger partial charge in [-0.15, -0.1) is 0 Å². The normalized spacial score (nSPS) is 10.6. The van der Waals surface area contributed by atoms with Crippen LogP contribution in [0, 0.1) is 6.92 Å². The number of hydrogen-bond acceptors (Lipinski definition) is 6. The topological polar surface area (TPSA) is 90.7 Å². The highest BCUT2D eigenvalue weighted by molar-refractivity contribution is 5.98. The van der Waals surface area contributed by atoms with Gasteiger partial charge in [0.15, 0.2) is 0 Å². The van der Waals surface area contributed by atoms with Gasteiger partial charge in [0.05, 0.1) is 25.6 Å². The highest BCUT2D eigenvalue weighted by Gasteiger charge is 2.16. The molecule has 1 heterocycles. The van der Waals surface area contributed by atoms with Gasteiger partial charge in [-0.3, -0.25) is 9.59 Å². The summed E-state index contributed by atoms with van der Waals surface area (Å²) in [5.74, 6) is 1.26. The van der Waals surface area contributed by atoms with Gasteiger partial charge in [0.1, 0.15) is 17.3 Å². The minimum atomic E-state index is -0.289. The van der Waals surface area contributed by atoms with Crippen molar-refractivity contribution in [1.29, 1.82) is 0 Å². The Labute approximate surface area is 152 Å². The lowest BCUT2D eigenvalue weighted by atomic mass is 10.1. The van der Waals surface area contributed by atoms with Crippen molar-refractivity contribution in [2.75, 3.05) is 27.4 Å². The van der Waals surface area contributed by atoms with E-state index in [0.717, 1.165) is 11.3 Å². The Morgan fingerprint density at radius 1 is 1.19 bits per heavy atom. The molecule has 0 saturated carbocycles. The number of oxazole rings is 1. The highest BCUT2D eigenvalue weighted by Crippen LogP contribution is 2.24. The molecule has 26 heavy (non-hydrogen) atoms. The van der Waals surface area contributed by atoms with Gasteiger partial charge in [0, 0.05) is 25.8 Å². The van der Waals surface area contributed by atoms with Crippen LogP contribution in [0.4, 0.5) is 0 Å². The second-order valence-electron chi connectivity index (χ2n) is 5.84. The van der Waals surface area contributed by atoms with Crippen molar-refractivity contribution in [3.05, 3.63) is 35.7 Å². The standard InChI is InChI=1S/C19H24N2O5/c1-13-17(11-15(22)12-18(23)20-9-4-10-24-2)21-19(26-13)14-5-7-16(25-3)8-6-14/h5-8H,4,9-12H2,1-3H3,(H,20,23). The van der Waals surface area contributed by atoms with Gasteiger partial charge in [0.2, 0.25) is 11.8 Å². The maximum absolute atomic E-state index is 12.1. The molecular weight excluding hydrogens is 336 g/mol. The lowest BCUT2D eigenvalue weighted by Gasteiger charge is -2.03. The third-order valence-corrected chi connectivity index (χ3v) is 3.80. The van der Waals surface area contributed by atoms with Gasteiger partial charge in [-0.2, -0.15) is 0 Å². The molecule has 0 fully saturated rings. The van der Waals surface area contributed by atoms with Crippen LogP contribution in [0.1, 0.15) is 24.3 Å². The summed E-state index contributed by atoms with van der Waals surface area (Å²) in [6.45, 7) is 2.82. The Balaban J connectivity index is 1.91. The molecule has 1 aromatic heterocycles. The number of carbonyl (C=O) groups is 2. The summed E-state index contributed by atoms with van der Waals surface area (Å²) < 4.78 is 15.7. The van der Waals surface area contributed by atoms with E-state index in [1.165, 1.54) is 0 Å². The first-order valence-electron chi connectivity index (χ1n) is 8.41. The lowest BCUT2D eigenvalue weighted by molar-refractivity contribution is -0.127. The van der Waals surface area contributed by atoms with Crippen LogP contribution in [0.5, 0.6) is 5.75 Å². The molecule has 0 unspecified atom stereocenters. The SMILES string of the molecule is COCCCNC(=O)CC(=O)Cc1nc(-c2ccc(OC)cc2)oc1C. The molecule has 0 radical (unpaired) electrons. The van der Waals surface area contributed by atoms with Crippen LogP contribution in [0.25, 0.3) is 11.5 Å². The zero-order valence-corrected chi connectivity index (χ0v) is 15.3. The van der Waals surface area contributed by atoms with Crippen LogP contribution < -0.4 is 10.1 Å². The lowest BCUT2D eigenvalue weighted by Crippen LogP contribution is -2.27. The van der Waals surface area contributed by atoms with E-state index in [0.29, 0.717) is 36.9 Å². The fourth-order valence-corrected chi connectivity index (χ4v) is 2.38. The Morgan fingerprint density at radius 3 is 2.58 bits per heavy atom. The zero-order valence-electron chi connectivity index (χ0n) is 15.3. The van der Waals surface area contributed by atoms with Crippen molar-refractivity contribution < 1.29 is 23.5 Å². The number of rotatable bonds is 10. The third-order valence-electron chi connectivity index (χ3n) is 3.80. The summed E-state index contributed by atoms with van der Waals surface area (Å²) in [6, 6.07) is 7.30. The van der Waals surface area contributed by atoms with E-state index >= 15 is 0 Å². The van der Waals surface area contributed by atoms with Gasteiger partial charge in [-0.05, 0) is 37.6 Å². The predicted molar refractivity (Wildman–Crippen MR) is 96.1 cm³/mol. The fourth-order valence-electron chi connectivity index (χ4n) is 2.38. The van der Waals surface area contributed by atoms with Crippen LogP contribution in [0.2, 0.25) is 0 Å². The summed E-state index contributed by atoms with van der Waals surface area (Å²) in [5.41, 5.74) is 1.34. The maximum Gasteiger partial charge on any atom is 0.227 e. The number of ether oxygens (including phenoxy) is 2. The molecule has 7 nitrogen and oxygen atoms in total. The molecule has 1 N–H and O–H groups in total. The van der Waals surface area contributed by atoms with E-state index in [9.17, 15) is 9.59 Å². The van der Waals surface area contributed by atoms with E-state index in [4.69, 9.17) is 13.9 Å². The summed E-state index contributed by atoms with van der Waals surface area (Å²) in [7, 11) is 3.20. The number of aryl methyl sites for hydroxylation is 1. The van der Waals surface area contributed by atoms with Gasteiger partial charge < -0.3 is 19.2 Å². The minimum Gasteiger partial charge on any atom is -0.497 e. The van der Waals surface area contributed by atoms with Gasteiger partial charge in [-0.1, -0.05) is 0 Å². The van der Waals surface area contributed by atoms with E-state index in [1.54, 1.807) is 21.1 Å². The molecule has 140 valence electrons. The summed E-state index contributed by atoms with van der Waals surface area (Å²) in [6.07, 6.45) is 0.609. The minimum absolute atomic E-state index is 0.0664. The van der Waals surface area contributed by atoms with Crippen molar-refractivity contribution in [2.45, 2.75) is 26.2 Å². The number of Topliss-reactive ketones (excluding diaryl/α,β-unsaturated/α-hetero) is 1. The van der Waals surface area contributed by atoms with Crippen LogP contribution in [-0.4, -0.2) is 44.0 Å².